The molecule has 1 N–H and O–H groups in total. The molecule has 0 radical (unpaired) electrons. The van der Waals surface area contributed by atoms with Gasteiger partial charge < -0.3 is 14.8 Å². The van der Waals surface area contributed by atoms with Crippen molar-refractivity contribution in [1.29, 1.82) is 0 Å². The van der Waals surface area contributed by atoms with Gasteiger partial charge in [-0.3, -0.25) is 14.9 Å². The van der Waals surface area contributed by atoms with Crippen LogP contribution in [-0.4, -0.2) is 24.5 Å². The van der Waals surface area contributed by atoms with E-state index in [4.69, 9.17) is 9.47 Å². The van der Waals surface area contributed by atoms with E-state index < -0.39 is 10.8 Å². The van der Waals surface area contributed by atoms with Crippen molar-refractivity contribution >= 4 is 17.3 Å². The van der Waals surface area contributed by atoms with Crippen molar-refractivity contribution in [1.82, 2.24) is 0 Å². The molecular weight excluding hydrogens is 360 g/mol. The van der Waals surface area contributed by atoms with Crippen LogP contribution in [0.5, 0.6) is 11.5 Å². The summed E-state index contributed by atoms with van der Waals surface area (Å²) in [5.41, 5.74) is 1.95. The van der Waals surface area contributed by atoms with Crippen molar-refractivity contribution in [2.24, 2.45) is 0 Å². The summed E-state index contributed by atoms with van der Waals surface area (Å²) < 4.78 is 10.4. The number of carbonyl (C=O) groups is 1. The predicted octanol–water partition coefficient (Wildman–Crippen LogP) is 4.29. The number of anilines is 1. The van der Waals surface area contributed by atoms with E-state index in [-0.39, 0.29) is 18.0 Å². The fourth-order valence-electron chi connectivity index (χ4n) is 2.60. The number of carbonyl (C=O) groups excluding carboxylic acids is 1. The van der Waals surface area contributed by atoms with Crippen LogP contribution in [0.3, 0.4) is 0 Å². The number of hydrogen-bond acceptors (Lipinski definition) is 5. The highest BCUT2D eigenvalue weighted by atomic mass is 16.6. The summed E-state index contributed by atoms with van der Waals surface area (Å²) in [6.07, 6.45) is 0. The van der Waals surface area contributed by atoms with Crippen molar-refractivity contribution in [3.05, 3.63) is 82.9 Å². The van der Waals surface area contributed by atoms with Crippen LogP contribution in [0.1, 0.15) is 0 Å². The van der Waals surface area contributed by atoms with Crippen LogP contribution in [0.2, 0.25) is 0 Å². The van der Waals surface area contributed by atoms with Crippen LogP contribution >= 0.6 is 0 Å². The molecule has 0 fully saturated rings. The van der Waals surface area contributed by atoms with Gasteiger partial charge in [-0.05, 0) is 35.4 Å². The molecule has 0 bridgehead atoms. The fourth-order valence-corrected chi connectivity index (χ4v) is 2.60. The summed E-state index contributed by atoms with van der Waals surface area (Å²) in [4.78, 5) is 22.7. The molecule has 1 amide bonds. The number of nitrogens with zero attached hydrogens (tertiary/aromatic N) is 1. The van der Waals surface area contributed by atoms with Crippen LogP contribution in [-0.2, 0) is 4.79 Å². The van der Waals surface area contributed by atoms with Gasteiger partial charge >= 0.3 is 0 Å². The summed E-state index contributed by atoms with van der Waals surface area (Å²) in [6.45, 7) is -0.270. The van der Waals surface area contributed by atoms with Crippen LogP contribution < -0.4 is 14.8 Å². The summed E-state index contributed by atoms with van der Waals surface area (Å²) in [5.74, 6) is 0.360. The Hall–Kier alpha value is -3.87. The van der Waals surface area contributed by atoms with E-state index in [1.54, 1.807) is 12.1 Å². The number of nitrogens with one attached hydrogen (secondary N) is 1. The fraction of sp³-hybridized carbons (Fsp3) is 0.0952. The minimum Gasteiger partial charge on any atom is -0.496 e. The van der Waals surface area contributed by atoms with Gasteiger partial charge in [-0.1, -0.05) is 42.5 Å². The SMILES string of the molecule is COc1ccc(NC(=O)COc2ccc(-c3ccccc3)cc2)c([N+](=O)[O-])c1. The Bertz CT molecular complexity index is 972. The molecule has 3 aromatic rings. The first-order valence-electron chi connectivity index (χ1n) is 8.47. The molecule has 0 atom stereocenters. The molecule has 0 aliphatic rings. The Morgan fingerprint density at radius 3 is 2.25 bits per heavy atom. The average molecular weight is 378 g/mol. The van der Waals surface area contributed by atoms with E-state index in [1.165, 1.54) is 25.3 Å². The molecule has 3 rings (SSSR count). The highest BCUT2D eigenvalue weighted by Gasteiger charge is 2.17. The molecule has 7 nitrogen and oxygen atoms in total. The Kier molecular flexibility index (Phi) is 5.86. The molecule has 0 aliphatic carbocycles. The standard InChI is InChI=1S/C21H18N2O5/c1-27-18-11-12-19(20(13-18)23(25)26)22-21(24)14-28-17-9-7-16(8-10-17)15-5-3-2-4-6-15/h2-13H,14H2,1H3,(H,22,24). The predicted molar refractivity (Wildman–Crippen MR) is 106 cm³/mol. The maximum Gasteiger partial charge on any atom is 0.296 e. The van der Waals surface area contributed by atoms with Crippen molar-refractivity contribution in [2.75, 3.05) is 19.0 Å². The Labute approximate surface area is 161 Å². The van der Waals surface area contributed by atoms with Crippen molar-refractivity contribution in [3.8, 4) is 22.6 Å². The Morgan fingerprint density at radius 2 is 1.61 bits per heavy atom. The third kappa shape index (κ3) is 4.64. The molecule has 0 spiro atoms. The molecular formula is C21H18N2O5. The van der Waals surface area contributed by atoms with E-state index in [9.17, 15) is 14.9 Å². The summed E-state index contributed by atoms with van der Waals surface area (Å²) in [6, 6.07) is 21.4. The number of benzene rings is 3. The first kappa shape index (κ1) is 18.9. The molecule has 0 heterocycles. The van der Waals surface area contributed by atoms with Crippen molar-refractivity contribution < 1.29 is 19.2 Å². The second-order valence-electron chi connectivity index (χ2n) is 5.87. The molecule has 0 saturated heterocycles. The van der Waals surface area contributed by atoms with E-state index in [1.807, 2.05) is 42.5 Å². The smallest absolute Gasteiger partial charge is 0.296 e. The first-order chi connectivity index (χ1) is 13.6. The van der Waals surface area contributed by atoms with Crippen LogP contribution in [0.25, 0.3) is 11.1 Å². The molecule has 28 heavy (non-hydrogen) atoms. The summed E-state index contributed by atoms with van der Waals surface area (Å²) in [5, 5.41) is 13.7. The molecule has 0 aromatic heterocycles. The van der Waals surface area contributed by atoms with Gasteiger partial charge in [0.1, 0.15) is 17.2 Å². The van der Waals surface area contributed by atoms with Gasteiger partial charge in [0.15, 0.2) is 6.61 Å². The minimum atomic E-state index is -0.582. The van der Waals surface area contributed by atoms with E-state index in [0.717, 1.165) is 11.1 Å². The number of nitro groups is 1. The number of ether oxygens (including phenoxy) is 2. The van der Waals surface area contributed by atoms with Crippen LogP contribution in [0.15, 0.2) is 72.8 Å². The van der Waals surface area contributed by atoms with E-state index in [0.29, 0.717) is 11.5 Å². The maximum atomic E-state index is 12.1. The van der Waals surface area contributed by atoms with Gasteiger partial charge in [-0.2, -0.15) is 0 Å². The van der Waals surface area contributed by atoms with Crippen molar-refractivity contribution in [3.63, 3.8) is 0 Å². The molecule has 0 aliphatic heterocycles. The molecule has 0 saturated carbocycles. The lowest BCUT2D eigenvalue weighted by molar-refractivity contribution is -0.384. The van der Waals surface area contributed by atoms with Crippen molar-refractivity contribution in [2.45, 2.75) is 0 Å². The van der Waals surface area contributed by atoms with Crippen LogP contribution in [0.4, 0.5) is 11.4 Å². The maximum absolute atomic E-state index is 12.1. The quantitative estimate of drug-likeness (QED) is 0.489. The molecule has 142 valence electrons. The monoisotopic (exact) mass is 378 g/mol. The summed E-state index contributed by atoms with van der Waals surface area (Å²) >= 11 is 0. The zero-order chi connectivity index (χ0) is 19.9. The first-order valence-corrected chi connectivity index (χ1v) is 8.47. The second-order valence-corrected chi connectivity index (χ2v) is 5.87. The number of hydrogen-bond donors (Lipinski definition) is 1. The molecule has 7 heteroatoms. The van der Waals surface area contributed by atoms with E-state index >= 15 is 0 Å². The summed E-state index contributed by atoms with van der Waals surface area (Å²) in [7, 11) is 1.41. The van der Waals surface area contributed by atoms with Gasteiger partial charge in [-0.25, -0.2) is 0 Å². The van der Waals surface area contributed by atoms with Gasteiger partial charge in [-0.15, -0.1) is 0 Å². The number of amides is 1. The third-order valence-corrected chi connectivity index (χ3v) is 4.01. The molecule has 3 aromatic carbocycles. The lowest BCUT2D eigenvalue weighted by Gasteiger charge is -2.09. The zero-order valence-electron chi connectivity index (χ0n) is 15.1. The largest absolute Gasteiger partial charge is 0.496 e. The lowest BCUT2D eigenvalue weighted by Crippen LogP contribution is -2.20. The topological polar surface area (TPSA) is 90.7 Å². The lowest BCUT2D eigenvalue weighted by atomic mass is 10.1. The Balaban J connectivity index is 1.61. The molecule has 0 unspecified atom stereocenters. The number of methoxy groups -OCH3 is 1. The van der Waals surface area contributed by atoms with Gasteiger partial charge in [0.05, 0.1) is 18.1 Å². The normalized spacial score (nSPS) is 10.2. The minimum absolute atomic E-state index is 0.0822. The zero-order valence-corrected chi connectivity index (χ0v) is 15.1. The van der Waals surface area contributed by atoms with Crippen LogP contribution in [0, 0.1) is 10.1 Å². The highest BCUT2D eigenvalue weighted by Crippen LogP contribution is 2.29. The second kappa shape index (κ2) is 8.68. The van der Waals surface area contributed by atoms with Gasteiger partial charge in [0, 0.05) is 0 Å². The van der Waals surface area contributed by atoms with Gasteiger partial charge in [0.25, 0.3) is 11.6 Å². The van der Waals surface area contributed by atoms with E-state index in [2.05, 4.69) is 5.32 Å². The Morgan fingerprint density at radius 1 is 0.964 bits per heavy atom. The highest BCUT2D eigenvalue weighted by molar-refractivity contribution is 5.94. The number of nitro benzene ring substituents is 1. The average Bonchev–Trinajstić information content (AvgIpc) is 2.73. The third-order valence-electron chi connectivity index (χ3n) is 4.01. The van der Waals surface area contributed by atoms with Gasteiger partial charge in [0.2, 0.25) is 0 Å². The number of rotatable bonds is 7.